The molecule has 1 atom stereocenters. The van der Waals surface area contributed by atoms with Crippen LogP contribution in [0.5, 0.6) is 0 Å². The van der Waals surface area contributed by atoms with E-state index in [4.69, 9.17) is 0 Å². The maximum Gasteiger partial charge on any atom is 0.319 e. The maximum absolute atomic E-state index is 13.8. The number of rotatable bonds is 5. The summed E-state index contributed by atoms with van der Waals surface area (Å²) < 4.78 is 20.2. The van der Waals surface area contributed by atoms with Gasteiger partial charge >= 0.3 is 12.0 Å². The van der Waals surface area contributed by atoms with E-state index in [9.17, 15) is 14.0 Å². The Morgan fingerprint density at radius 2 is 2.00 bits per heavy atom. The van der Waals surface area contributed by atoms with Gasteiger partial charge in [-0.3, -0.25) is 4.79 Å². The van der Waals surface area contributed by atoms with Crippen molar-refractivity contribution in [3.05, 3.63) is 48.5 Å². The number of carbonyl (C=O) groups is 2. The molecule has 0 saturated heterocycles. The van der Waals surface area contributed by atoms with Crippen LogP contribution in [0.2, 0.25) is 0 Å². The summed E-state index contributed by atoms with van der Waals surface area (Å²) in [5, 5.41) is 4.99. The summed E-state index contributed by atoms with van der Waals surface area (Å²) in [6.07, 6.45) is 3.67. The number of benzene rings is 1. The molecule has 0 spiro atoms. The summed E-state index contributed by atoms with van der Waals surface area (Å²) in [5.74, 6) is -0.977. The summed E-state index contributed by atoms with van der Waals surface area (Å²) in [4.78, 5) is 23.0. The minimum absolute atomic E-state index is 0.0375. The van der Waals surface area contributed by atoms with Gasteiger partial charge in [-0.2, -0.15) is 0 Å². The van der Waals surface area contributed by atoms with Crippen LogP contribution in [0.15, 0.2) is 42.7 Å². The quantitative estimate of drug-likeness (QED) is 0.832. The number of hydrogen-bond acceptors (Lipinski definition) is 3. The number of carbonyl (C=O) groups excluding carboxylic acids is 2. The summed E-state index contributed by atoms with van der Waals surface area (Å²) in [7, 11) is 1.28. The zero-order valence-electron chi connectivity index (χ0n) is 12.9. The van der Waals surface area contributed by atoms with E-state index >= 15 is 0 Å². The molecule has 0 saturated carbocycles. The largest absolute Gasteiger partial charge is 0.469 e. The zero-order chi connectivity index (χ0) is 16.8. The van der Waals surface area contributed by atoms with Gasteiger partial charge in [-0.05, 0) is 37.3 Å². The van der Waals surface area contributed by atoms with Crippen LogP contribution in [-0.4, -0.2) is 29.7 Å². The highest BCUT2D eigenvalue weighted by Gasteiger charge is 2.14. The van der Waals surface area contributed by atoms with Crippen molar-refractivity contribution in [3.63, 3.8) is 0 Å². The van der Waals surface area contributed by atoms with Crippen molar-refractivity contribution in [3.8, 4) is 5.69 Å². The van der Waals surface area contributed by atoms with E-state index < -0.39 is 23.9 Å². The molecule has 2 rings (SSSR count). The van der Waals surface area contributed by atoms with Crippen LogP contribution in [0, 0.1) is 5.82 Å². The number of nitrogens with zero attached hydrogens (tertiary/aromatic N) is 1. The minimum atomic E-state index is -0.593. The lowest BCUT2D eigenvalue weighted by molar-refractivity contribution is -0.141. The highest BCUT2D eigenvalue weighted by atomic mass is 19.1. The number of amides is 2. The van der Waals surface area contributed by atoms with E-state index in [0.29, 0.717) is 5.69 Å². The fraction of sp³-hybridized carbons (Fsp3) is 0.250. The topological polar surface area (TPSA) is 72.4 Å². The predicted octanol–water partition coefficient (Wildman–Crippen LogP) is 2.69. The number of esters is 1. The van der Waals surface area contributed by atoms with E-state index in [-0.39, 0.29) is 12.1 Å². The molecule has 1 aromatic heterocycles. The third kappa shape index (κ3) is 4.57. The van der Waals surface area contributed by atoms with E-state index in [0.717, 1.165) is 0 Å². The van der Waals surface area contributed by atoms with Gasteiger partial charge in [0.25, 0.3) is 0 Å². The Bertz CT molecular complexity index is 686. The number of ether oxygens (including phenoxy) is 1. The van der Waals surface area contributed by atoms with Crippen molar-refractivity contribution in [1.82, 2.24) is 9.88 Å². The summed E-state index contributed by atoms with van der Waals surface area (Å²) in [5.41, 5.74) is 0.772. The average molecular weight is 319 g/mol. The molecule has 2 aromatic rings. The van der Waals surface area contributed by atoms with Gasteiger partial charge in [0.1, 0.15) is 5.82 Å². The Kier molecular flexibility index (Phi) is 5.35. The molecule has 0 aliphatic rings. The third-order valence-corrected chi connectivity index (χ3v) is 3.18. The first-order valence-electron chi connectivity index (χ1n) is 7.07. The fourth-order valence-electron chi connectivity index (χ4n) is 2.04. The Morgan fingerprint density at radius 1 is 1.30 bits per heavy atom. The van der Waals surface area contributed by atoms with Crippen molar-refractivity contribution in [1.29, 1.82) is 0 Å². The molecular formula is C16H18FN3O3. The Balaban J connectivity index is 2.03. The number of methoxy groups -OCH3 is 1. The first-order valence-corrected chi connectivity index (χ1v) is 7.07. The lowest BCUT2D eigenvalue weighted by Crippen LogP contribution is -2.37. The molecule has 0 aliphatic carbocycles. The molecule has 7 heteroatoms. The van der Waals surface area contributed by atoms with Crippen LogP contribution < -0.4 is 10.6 Å². The van der Waals surface area contributed by atoms with Crippen LogP contribution in [0.4, 0.5) is 14.9 Å². The van der Waals surface area contributed by atoms with Crippen LogP contribution >= 0.6 is 0 Å². The van der Waals surface area contributed by atoms with Crippen LogP contribution in [0.3, 0.4) is 0 Å². The van der Waals surface area contributed by atoms with Crippen molar-refractivity contribution >= 4 is 17.7 Å². The zero-order valence-corrected chi connectivity index (χ0v) is 12.9. The Hall–Kier alpha value is -2.83. The number of nitrogens with one attached hydrogen (secondary N) is 2. The molecule has 0 radical (unpaired) electrons. The standard InChI is InChI=1S/C16H18FN3O3/c1-11(9-15(21)23-2)18-16(22)19-14-10-12(5-6-13(14)17)20-7-3-4-8-20/h3-8,10-11H,9H2,1-2H3,(H2,18,19,22)/t11-/m1/s1. The summed E-state index contributed by atoms with van der Waals surface area (Å²) in [6.45, 7) is 1.66. The lowest BCUT2D eigenvalue weighted by atomic mass is 10.2. The normalized spacial score (nSPS) is 11.6. The molecule has 23 heavy (non-hydrogen) atoms. The predicted molar refractivity (Wildman–Crippen MR) is 84.0 cm³/mol. The van der Waals surface area contributed by atoms with Crippen molar-refractivity contribution < 1.29 is 18.7 Å². The molecule has 1 heterocycles. The first-order chi connectivity index (χ1) is 11.0. The monoisotopic (exact) mass is 319 g/mol. The number of anilines is 1. The van der Waals surface area contributed by atoms with E-state index in [1.54, 1.807) is 17.6 Å². The van der Waals surface area contributed by atoms with Gasteiger partial charge in [0.05, 0.1) is 19.2 Å². The lowest BCUT2D eigenvalue weighted by Gasteiger charge is -2.14. The van der Waals surface area contributed by atoms with E-state index in [1.165, 1.54) is 19.2 Å². The Morgan fingerprint density at radius 3 is 2.65 bits per heavy atom. The van der Waals surface area contributed by atoms with Gasteiger partial charge in [0, 0.05) is 24.1 Å². The van der Waals surface area contributed by atoms with E-state index in [2.05, 4.69) is 15.4 Å². The van der Waals surface area contributed by atoms with Gasteiger partial charge in [-0.15, -0.1) is 0 Å². The molecular weight excluding hydrogens is 301 g/mol. The maximum atomic E-state index is 13.8. The van der Waals surface area contributed by atoms with Gasteiger partial charge in [0.15, 0.2) is 0 Å². The molecule has 0 bridgehead atoms. The van der Waals surface area contributed by atoms with E-state index in [1.807, 2.05) is 24.5 Å². The molecule has 0 unspecified atom stereocenters. The van der Waals surface area contributed by atoms with Crippen molar-refractivity contribution in [2.24, 2.45) is 0 Å². The molecule has 0 aliphatic heterocycles. The second-order valence-corrected chi connectivity index (χ2v) is 5.03. The van der Waals surface area contributed by atoms with Gasteiger partial charge in [0.2, 0.25) is 0 Å². The summed E-state index contributed by atoms with van der Waals surface area (Å²) in [6, 6.07) is 7.08. The van der Waals surface area contributed by atoms with Gasteiger partial charge in [-0.1, -0.05) is 0 Å². The number of aromatic nitrogens is 1. The second kappa shape index (κ2) is 7.44. The number of hydrogen-bond donors (Lipinski definition) is 2. The Labute approximate surface area is 133 Å². The molecule has 2 N–H and O–H groups in total. The van der Waals surface area contributed by atoms with Gasteiger partial charge in [-0.25, -0.2) is 9.18 Å². The molecule has 1 aromatic carbocycles. The highest BCUT2D eigenvalue weighted by molar-refractivity contribution is 5.90. The molecule has 2 amide bonds. The number of halogens is 1. The first kappa shape index (κ1) is 16.5. The van der Waals surface area contributed by atoms with Crippen LogP contribution in [0.1, 0.15) is 13.3 Å². The van der Waals surface area contributed by atoms with Crippen LogP contribution in [-0.2, 0) is 9.53 Å². The van der Waals surface area contributed by atoms with Crippen molar-refractivity contribution in [2.45, 2.75) is 19.4 Å². The smallest absolute Gasteiger partial charge is 0.319 e. The third-order valence-electron chi connectivity index (χ3n) is 3.18. The molecule has 122 valence electrons. The van der Waals surface area contributed by atoms with Crippen molar-refractivity contribution in [2.75, 3.05) is 12.4 Å². The number of urea groups is 1. The second-order valence-electron chi connectivity index (χ2n) is 5.03. The van der Waals surface area contributed by atoms with Crippen LogP contribution in [0.25, 0.3) is 5.69 Å². The highest BCUT2D eigenvalue weighted by Crippen LogP contribution is 2.19. The minimum Gasteiger partial charge on any atom is -0.469 e. The molecule has 0 fully saturated rings. The fourth-order valence-corrected chi connectivity index (χ4v) is 2.04. The summed E-state index contributed by atoms with van der Waals surface area (Å²) >= 11 is 0. The van der Waals surface area contributed by atoms with Gasteiger partial charge < -0.3 is 19.9 Å². The SMILES string of the molecule is COC(=O)C[C@@H](C)NC(=O)Nc1cc(-n2cccc2)ccc1F. The molecule has 6 nitrogen and oxygen atoms in total. The average Bonchev–Trinajstić information content (AvgIpc) is 3.03.